The minimum absolute atomic E-state index is 0.411. The van der Waals surface area contributed by atoms with Crippen molar-refractivity contribution in [2.24, 2.45) is 0 Å². The molecule has 4 heteroatoms. The van der Waals surface area contributed by atoms with Crippen molar-refractivity contribution in [2.45, 2.75) is 33.1 Å². The lowest BCUT2D eigenvalue weighted by Crippen LogP contribution is -2.44. The topological polar surface area (TPSA) is 40.6 Å². The number of rotatable bonds is 6. The van der Waals surface area contributed by atoms with Crippen molar-refractivity contribution in [1.29, 1.82) is 0 Å². The number of hydrogen-bond acceptors (Lipinski definition) is 2. The van der Waals surface area contributed by atoms with Gasteiger partial charge in [-0.1, -0.05) is 38.5 Å². The summed E-state index contributed by atoms with van der Waals surface area (Å²) in [6.07, 6.45) is 2.79. The molecule has 0 N–H and O–H groups in total. The second-order valence-electron chi connectivity index (χ2n) is 4.85. The van der Waals surface area contributed by atoms with E-state index < -0.39 is 11.8 Å². The summed E-state index contributed by atoms with van der Waals surface area (Å²) in [7, 11) is 1.64. The maximum Gasteiger partial charge on any atom is 0.316 e. The Hall–Kier alpha value is -1.84. The van der Waals surface area contributed by atoms with E-state index >= 15 is 0 Å². The van der Waals surface area contributed by atoms with Crippen LogP contribution in [-0.4, -0.2) is 36.9 Å². The molecule has 0 spiro atoms. The third-order valence-corrected chi connectivity index (χ3v) is 3.19. The van der Waals surface area contributed by atoms with E-state index in [0.717, 1.165) is 24.9 Å². The van der Waals surface area contributed by atoms with Crippen molar-refractivity contribution in [3.63, 3.8) is 0 Å². The zero-order valence-corrected chi connectivity index (χ0v) is 12.6. The fourth-order valence-electron chi connectivity index (χ4n) is 1.98. The Morgan fingerprint density at radius 1 is 0.950 bits per heavy atom. The maximum atomic E-state index is 12.3. The minimum atomic E-state index is -0.472. The fourth-order valence-corrected chi connectivity index (χ4v) is 1.98. The van der Waals surface area contributed by atoms with E-state index in [4.69, 9.17) is 0 Å². The number of hydrogen-bond donors (Lipinski definition) is 0. The van der Waals surface area contributed by atoms with Crippen molar-refractivity contribution >= 4 is 17.5 Å². The number of carbonyl (C=O) groups is 2. The molecule has 110 valence electrons. The smallest absolute Gasteiger partial charge is 0.316 e. The average Bonchev–Trinajstić information content (AvgIpc) is 2.50. The van der Waals surface area contributed by atoms with Gasteiger partial charge in [-0.15, -0.1) is 0 Å². The molecule has 20 heavy (non-hydrogen) atoms. The maximum absolute atomic E-state index is 12.3. The largest absolute Gasteiger partial charge is 0.334 e. The molecular weight excluding hydrogens is 252 g/mol. The van der Waals surface area contributed by atoms with Crippen LogP contribution in [-0.2, 0) is 9.59 Å². The number of nitrogens with zero attached hydrogens (tertiary/aromatic N) is 2. The van der Waals surface area contributed by atoms with Crippen LogP contribution in [0.2, 0.25) is 0 Å². The molecule has 2 amide bonds. The van der Waals surface area contributed by atoms with Gasteiger partial charge in [-0.3, -0.25) is 9.59 Å². The standard InChI is InChI=1S/C16H24N2O2/c1-4-6-13-18(12-5-2)16(20)15(19)17(3)14-10-8-7-9-11-14/h7-11H,4-6,12-13H2,1-3H3. The van der Waals surface area contributed by atoms with Crippen molar-refractivity contribution in [3.8, 4) is 0 Å². The number of anilines is 1. The van der Waals surface area contributed by atoms with Crippen molar-refractivity contribution < 1.29 is 9.59 Å². The predicted octanol–water partition coefficient (Wildman–Crippen LogP) is 2.69. The van der Waals surface area contributed by atoms with Gasteiger partial charge in [-0.05, 0) is 25.0 Å². The summed E-state index contributed by atoms with van der Waals surface area (Å²) in [5.74, 6) is -0.882. The number of amides is 2. The Kier molecular flexibility index (Phi) is 6.77. The SMILES string of the molecule is CCCCN(CCC)C(=O)C(=O)N(C)c1ccccc1. The molecule has 0 radical (unpaired) electrons. The molecule has 1 aromatic carbocycles. The summed E-state index contributed by atoms with van der Waals surface area (Å²) in [4.78, 5) is 27.6. The second-order valence-corrected chi connectivity index (χ2v) is 4.85. The first-order valence-electron chi connectivity index (χ1n) is 7.23. The van der Waals surface area contributed by atoms with Gasteiger partial charge in [0.05, 0.1) is 0 Å². The van der Waals surface area contributed by atoms with Crippen molar-refractivity contribution in [3.05, 3.63) is 30.3 Å². The number of carbonyl (C=O) groups excluding carboxylic acids is 2. The second kappa shape index (κ2) is 8.35. The highest BCUT2D eigenvalue weighted by Gasteiger charge is 2.24. The molecule has 0 saturated heterocycles. The zero-order chi connectivity index (χ0) is 15.0. The quantitative estimate of drug-likeness (QED) is 0.750. The normalized spacial score (nSPS) is 10.2. The zero-order valence-electron chi connectivity index (χ0n) is 12.6. The van der Waals surface area contributed by atoms with Crippen LogP contribution >= 0.6 is 0 Å². The van der Waals surface area contributed by atoms with Gasteiger partial charge in [0.15, 0.2) is 0 Å². The summed E-state index contributed by atoms with van der Waals surface area (Å²) >= 11 is 0. The van der Waals surface area contributed by atoms with Crippen molar-refractivity contribution in [1.82, 2.24) is 4.90 Å². The van der Waals surface area contributed by atoms with Gasteiger partial charge >= 0.3 is 11.8 Å². The van der Waals surface area contributed by atoms with E-state index in [-0.39, 0.29) is 0 Å². The van der Waals surface area contributed by atoms with E-state index in [2.05, 4.69) is 6.92 Å². The predicted molar refractivity (Wildman–Crippen MR) is 81.6 cm³/mol. The molecule has 0 unspecified atom stereocenters. The minimum Gasteiger partial charge on any atom is -0.334 e. The number of unbranched alkanes of at least 4 members (excludes halogenated alkanes) is 1. The van der Waals surface area contributed by atoms with Gasteiger partial charge < -0.3 is 9.80 Å². The highest BCUT2D eigenvalue weighted by Crippen LogP contribution is 2.12. The van der Waals surface area contributed by atoms with E-state index in [1.54, 1.807) is 11.9 Å². The Morgan fingerprint density at radius 3 is 2.15 bits per heavy atom. The molecule has 0 aliphatic carbocycles. The van der Waals surface area contributed by atoms with E-state index in [0.29, 0.717) is 13.1 Å². The molecular formula is C16H24N2O2. The van der Waals surface area contributed by atoms with E-state index in [9.17, 15) is 9.59 Å². The van der Waals surface area contributed by atoms with Gasteiger partial charge in [-0.25, -0.2) is 0 Å². The molecule has 0 aliphatic rings. The van der Waals surface area contributed by atoms with Crippen LogP contribution in [0.1, 0.15) is 33.1 Å². The van der Waals surface area contributed by atoms with E-state index in [1.807, 2.05) is 37.3 Å². The molecule has 4 nitrogen and oxygen atoms in total. The van der Waals surface area contributed by atoms with Crippen LogP contribution in [0, 0.1) is 0 Å². The lowest BCUT2D eigenvalue weighted by molar-refractivity contribution is -0.144. The Balaban J connectivity index is 2.75. The third kappa shape index (κ3) is 4.37. The number of para-hydroxylation sites is 1. The van der Waals surface area contributed by atoms with Crippen LogP contribution in [0.4, 0.5) is 5.69 Å². The molecule has 0 bridgehead atoms. The third-order valence-electron chi connectivity index (χ3n) is 3.19. The van der Waals surface area contributed by atoms with Crippen LogP contribution in [0.3, 0.4) is 0 Å². The monoisotopic (exact) mass is 276 g/mol. The van der Waals surface area contributed by atoms with Gasteiger partial charge in [0.25, 0.3) is 0 Å². The lowest BCUT2D eigenvalue weighted by Gasteiger charge is -2.24. The lowest BCUT2D eigenvalue weighted by atomic mass is 10.2. The highest BCUT2D eigenvalue weighted by molar-refractivity contribution is 6.40. The summed E-state index contributed by atoms with van der Waals surface area (Å²) < 4.78 is 0. The van der Waals surface area contributed by atoms with Gasteiger partial charge in [-0.2, -0.15) is 0 Å². The molecule has 0 saturated carbocycles. The number of likely N-dealkylation sites (N-methyl/N-ethyl adjacent to an activating group) is 1. The Morgan fingerprint density at radius 2 is 1.60 bits per heavy atom. The molecule has 0 atom stereocenters. The van der Waals surface area contributed by atoms with Crippen LogP contribution < -0.4 is 4.90 Å². The summed E-state index contributed by atoms with van der Waals surface area (Å²) in [6.45, 7) is 5.37. The average molecular weight is 276 g/mol. The fraction of sp³-hybridized carbons (Fsp3) is 0.500. The molecule has 0 aromatic heterocycles. The van der Waals surface area contributed by atoms with Gasteiger partial charge in [0, 0.05) is 25.8 Å². The van der Waals surface area contributed by atoms with E-state index in [1.165, 1.54) is 4.90 Å². The van der Waals surface area contributed by atoms with Crippen LogP contribution in [0.25, 0.3) is 0 Å². The molecule has 0 fully saturated rings. The first-order valence-corrected chi connectivity index (χ1v) is 7.23. The summed E-state index contributed by atoms with van der Waals surface area (Å²) in [5, 5.41) is 0. The Labute approximate surface area is 121 Å². The molecule has 0 aliphatic heterocycles. The summed E-state index contributed by atoms with van der Waals surface area (Å²) in [6, 6.07) is 9.23. The summed E-state index contributed by atoms with van der Waals surface area (Å²) in [5.41, 5.74) is 0.734. The van der Waals surface area contributed by atoms with Crippen LogP contribution in [0.5, 0.6) is 0 Å². The van der Waals surface area contributed by atoms with Crippen molar-refractivity contribution in [2.75, 3.05) is 25.0 Å². The molecule has 0 heterocycles. The number of benzene rings is 1. The molecule has 1 aromatic rings. The Bertz CT molecular complexity index is 431. The van der Waals surface area contributed by atoms with Gasteiger partial charge in [0.1, 0.15) is 0 Å². The highest BCUT2D eigenvalue weighted by atomic mass is 16.2. The molecule has 1 rings (SSSR count). The van der Waals surface area contributed by atoms with Crippen LogP contribution in [0.15, 0.2) is 30.3 Å². The first kappa shape index (κ1) is 16.2. The first-order chi connectivity index (χ1) is 9.61. The van der Waals surface area contributed by atoms with Gasteiger partial charge in [0.2, 0.25) is 0 Å².